The predicted octanol–water partition coefficient (Wildman–Crippen LogP) is 3.18. The Labute approximate surface area is 183 Å². The largest absolute Gasteiger partial charge is 0.444 e. The maximum atomic E-state index is 13.3. The Balaban J connectivity index is 3.40. The Kier molecular flexibility index (Phi) is 8.49. The van der Waals surface area contributed by atoms with E-state index in [2.05, 4.69) is 11.2 Å². The molecule has 0 spiro atoms. The van der Waals surface area contributed by atoms with Gasteiger partial charge in [0.05, 0.1) is 4.90 Å². The molecule has 9 nitrogen and oxygen atoms in total. The molecule has 0 aliphatic rings. The molecule has 0 heterocycles. The summed E-state index contributed by atoms with van der Waals surface area (Å²) in [4.78, 5) is 23.3. The lowest BCUT2D eigenvalue weighted by Crippen LogP contribution is -2.35. The number of ether oxygens (including phenoxy) is 3. The van der Waals surface area contributed by atoms with E-state index in [1.165, 1.54) is 18.2 Å². The van der Waals surface area contributed by atoms with E-state index in [0.29, 0.717) is 11.3 Å². The third-order valence-corrected chi connectivity index (χ3v) is 5.67. The minimum Gasteiger partial charge on any atom is -0.444 e. The van der Waals surface area contributed by atoms with Crippen LogP contribution in [0.15, 0.2) is 23.1 Å². The van der Waals surface area contributed by atoms with E-state index in [9.17, 15) is 18.0 Å². The number of sulfone groups is 1. The van der Waals surface area contributed by atoms with Crippen molar-refractivity contribution in [3.63, 3.8) is 0 Å². The Morgan fingerprint density at radius 1 is 1.19 bits per heavy atom. The van der Waals surface area contributed by atoms with Crippen LogP contribution in [0.25, 0.3) is 0 Å². The molecule has 1 atom stereocenters. The van der Waals surface area contributed by atoms with Gasteiger partial charge < -0.3 is 19.9 Å². The Bertz CT molecular complexity index is 951. The molecule has 0 fully saturated rings. The standard InChI is InChI=1S/C21H30N2O7S/c1-8-11-28-13-17(29-18(22)24)31(26,27)16-10-9-14(12-15(16)20(2,3)4)23-19(25)30-21(5,6)7/h1,9-10,12,17H,11,13H2,2-7H3,(H2,22,24)(H,23,25). The third kappa shape index (κ3) is 8.11. The van der Waals surface area contributed by atoms with Gasteiger partial charge in [0.2, 0.25) is 15.3 Å². The molecule has 1 rings (SSSR count). The zero-order valence-electron chi connectivity index (χ0n) is 18.6. The smallest absolute Gasteiger partial charge is 0.412 e. The van der Waals surface area contributed by atoms with Crippen LogP contribution in [-0.4, -0.2) is 44.9 Å². The fourth-order valence-corrected chi connectivity index (χ4v) is 4.25. The first-order valence-corrected chi connectivity index (χ1v) is 11.0. The lowest BCUT2D eigenvalue weighted by molar-refractivity contribution is 0.0635. The van der Waals surface area contributed by atoms with E-state index >= 15 is 0 Å². The molecule has 172 valence electrons. The van der Waals surface area contributed by atoms with E-state index in [0.717, 1.165) is 0 Å². The number of nitrogens with two attached hydrogens (primary N) is 1. The van der Waals surface area contributed by atoms with Crippen LogP contribution in [0.3, 0.4) is 0 Å². The lowest BCUT2D eigenvalue weighted by atomic mass is 9.87. The van der Waals surface area contributed by atoms with Gasteiger partial charge in [-0.2, -0.15) is 0 Å². The van der Waals surface area contributed by atoms with Crippen LogP contribution < -0.4 is 11.1 Å². The van der Waals surface area contributed by atoms with Crippen molar-refractivity contribution in [2.24, 2.45) is 5.73 Å². The summed E-state index contributed by atoms with van der Waals surface area (Å²) in [5.74, 6) is 2.20. The van der Waals surface area contributed by atoms with Gasteiger partial charge in [-0.25, -0.2) is 18.0 Å². The second-order valence-electron chi connectivity index (χ2n) is 8.72. The molecule has 0 aliphatic carbocycles. The number of amides is 2. The summed E-state index contributed by atoms with van der Waals surface area (Å²) >= 11 is 0. The summed E-state index contributed by atoms with van der Waals surface area (Å²) in [6.45, 7) is 9.93. The molecule has 0 aliphatic heterocycles. The number of anilines is 1. The van der Waals surface area contributed by atoms with E-state index in [-0.39, 0.29) is 11.5 Å². The highest BCUT2D eigenvalue weighted by Crippen LogP contribution is 2.33. The van der Waals surface area contributed by atoms with Crippen molar-refractivity contribution >= 4 is 27.7 Å². The highest BCUT2D eigenvalue weighted by Gasteiger charge is 2.35. The zero-order chi connectivity index (χ0) is 24.0. The number of benzene rings is 1. The van der Waals surface area contributed by atoms with Crippen LogP contribution >= 0.6 is 0 Å². The molecule has 0 bridgehead atoms. The number of carbonyl (C=O) groups is 2. The molecule has 1 unspecified atom stereocenters. The number of nitrogens with one attached hydrogen (secondary N) is 1. The first-order chi connectivity index (χ1) is 14.1. The lowest BCUT2D eigenvalue weighted by Gasteiger charge is -2.26. The number of carbonyl (C=O) groups excluding carboxylic acids is 2. The summed E-state index contributed by atoms with van der Waals surface area (Å²) in [5.41, 5.74) is 2.73. The fourth-order valence-electron chi connectivity index (χ4n) is 2.54. The third-order valence-electron chi connectivity index (χ3n) is 3.77. The molecule has 0 saturated heterocycles. The molecule has 1 aromatic carbocycles. The number of terminal acetylenes is 1. The van der Waals surface area contributed by atoms with Gasteiger partial charge in [-0.3, -0.25) is 5.32 Å². The monoisotopic (exact) mass is 454 g/mol. The van der Waals surface area contributed by atoms with Gasteiger partial charge in [0.25, 0.3) is 0 Å². The van der Waals surface area contributed by atoms with Gasteiger partial charge in [-0.05, 0) is 49.9 Å². The normalized spacial score (nSPS) is 13.1. The summed E-state index contributed by atoms with van der Waals surface area (Å²) in [6, 6.07) is 4.26. The Morgan fingerprint density at radius 3 is 2.29 bits per heavy atom. The van der Waals surface area contributed by atoms with Crippen molar-refractivity contribution in [2.45, 2.75) is 62.9 Å². The van der Waals surface area contributed by atoms with Crippen LogP contribution in [0, 0.1) is 12.3 Å². The second-order valence-corrected chi connectivity index (χ2v) is 10.8. The van der Waals surface area contributed by atoms with Gasteiger partial charge in [0, 0.05) is 5.69 Å². The molecule has 31 heavy (non-hydrogen) atoms. The topological polar surface area (TPSA) is 134 Å². The van der Waals surface area contributed by atoms with Crippen LogP contribution in [0.2, 0.25) is 0 Å². The highest BCUT2D eigenvalue weighted by atomic mass is 32.2. The Hall–Kier alpha value is -2.77. The predicted molar refractivity (Wildman–Crippen MR) is 116 cm³/mol. The fraction of sp³-hybridized carbons (Fsp3) is 0.524. The minimum atomic E-state index is -4.23. The first-order valence-electron chi connectivity index (χ1n) is 9.43. The summed E-state index contributed by atoms with van der Waals surface area (Å²) in [6.07, 6.45) is 3.16. The number of hydrogen-bond acceptors (Lipinski definition) is 7. The van der Waals surface area contributed by atoms with Crippen molar-refractivity contribution in [3.8, 4) is 12.3 Å². The van der Waals surface area contributed by atoms with Crippen molar-refractivity contribution in [1.82, 2.24) is 0 Å². The van der Waals surface area contributed by atoms with Gasteiger partial charge in [-0.15, -0.1) is 6.42 Å². The average Bonchev–Trinajstić information content (AvgIpc) is 2.58. The minimum absolute atomic E-state index is 0.0923. The summed E-state index contributed by atoms with van der Waals surface area (Å²) in [5, 5.41) is 2.58. The molecule has 0 aromatic heterocycles. The van der Waals surface area contributed by atoms with Crippen LogP contribution in [-0.2, 0) is 29.5 Å². The molecule has 0 saturated carbocycles. The maximum absolute atomic E-state index is 13.3. The van der Waals surface area contributed by atoms with Crippen molar-refractivity contribution in [1.29, 1.82) is 0 Å². The van der Waals surface area contributed by atoms with Crippen LogP contribution in [0.1, 0.15) is 47.1 Å². The highest BCUT2D eigenvalue weighted by molar-refractivity contribution is 7.92. The van der Waals surface area contributed by atoms with Crippen molar-refractivity contribution < 1.29 is 32.2 Å². The quantitative estimate of drug-likeness (QED) is 0.477. The number of primary amides is 1. The first kappa shape index (κ1) is 26.3. The number of hydrogen-bond donors (Lipinski definition) is 2. The SMILES string of the molecule is C#CCOCC(OC(N)=O)S(=O)(=O)c1ccc(NC(=O)OC(C)(C)C)cc1C(C)(C)C. The molecular formula is C21H30N2O7S. The van der Waals surface area contributed by atoms with E-state index in [1.54, 1.807) is 41.5 Å². The molecule has 0 radical (unpaired) electrons. The van der Waals surface area contributed by atoms with E-state index in [4.69, 9.17) is 26.4 Å². The van der Waals surface area contributed by atoms with E-state index < -0.39 is 45.1 Å². The second kappa shape index (κ2) is 10.0. The molecule has 10 heteroatoms. The van der Waals surface area contributed by atoms with Crippen molar-refractivity contribution in [3.05, 3.63) is 23.8 Å². The summed E-state index contributed by atoms with van der Waals surface area (Å²) in [7, 11) is -4.23. The molecule has 3 N–H and O–H groups in total. The van der Waals surface area contributed by atoms with E-state index in [1.807, 2.05) is 0 Å². The summed E-state index contributed by atoms with van der Waals surface area (Å²) < 4.78 is 41.7. The van der Waals surface area contributed by atoms with Gasteiger partial charge >= 0.3 is 12.2 Å². The zero-order valence-corrected chi connectivity index (χ0v) is 19.5. The Morgan fingerprint density at radius 2 is 1.81 bits per heavy atom. The number of rotatable bonds is 7. The molecule has 1 aromatic rings. The maximum Gasteiger partial charge on any atom is 0.412 e. The average molecular weight is 455 g/mol. The van der Waals surface area contributed by atoms with Gasteiger partial charge in [-0.1, -0.05) is 26.7 Å². The van der Waals surface area contributed by atoms with Gasteiger partial charge in [0.15, 0.2) is 0 Å². The van der Waals surface area contributed by atoms with Crippen molar-refractivity contribution in [2.75, 3.05) is 18.5 Å². The van der Waals surface area contributed by atoms with Crippen LogP contribution in [0.4, 0.5) is 15.3 Å². The molecule has 2 amide bonds. The molecular weight excluding hydrogens is 424 g/mol. The van der Waals surface area contributed by atoms with Crippen LogP contribution in [0.5, 0.6) is 0 Å². The van der Waals surface area contributed by atoms with Gasteiger partial charge in [0.1, 0.15) is 18.8 Å².